The number of amides is 2. The van der Waals surface area contributed by atoms with Crippen LogP contribution in [0.2, 0.25) is 0 Å². The summed E-state index contributed by atoms with van der Waals surface area (Å²) < 4.78 is 5.19. The zero-order valence-electron chi connectivity index (χ0n) is 17.0. The van der Waals surface area contributed by atoms with Crippen molar-refractivity contribution in [3.05, 3.63) is 59.0 Å². The van der Waals surface area contributed by atoms with Gasteiger partial charge in [0.25, 0.3) is 5.91 Å². The van der Waals surface area contributed by atoms with Gasteiger partial charge in [0.05, 0.1) is 18.8 Å². The van der Waals surface area contributed by atoms with Crippen molar-refractivity contribution < 1.29 is 14.0 Å². The molecule has 0 unspecified atom stereocenters. The van der Waals surface area contributed by atoms with Gasteiger partial charge in [0.1, 0.15) is 0 Å². The van der Waals surface area contributed by atoms with E-state index in [1.807, 2.05) is 6.92 Å². The number of carbonyl (C=O) groups excluding carboxylic acids is 2. The largest absolute Gasteiger partial charge is 0.459 e. The van der Waals surface area contributed by atoms with Crippen LogP contribution in [0, 0.1) is 0 Å². The number of nitrogens with one attached hydrogen (secondary N) is 1. The smallest absolute Gasteiger partial charge is 0.289 e. The van der Waals surface area contributed by atoms with Crippen molar-refractivity contribution in [2.75, 3.05) is 32.7 Å². The summed E-state index contributed by atoms with van der Waals surface area (Å²) >= 11 is 0. The molecule has 6 nitrogen and oxygen atoms in total. The molecule has 2 aliphatic rings. The maximum absolute atomic E-state index is 12.5. The van der Waals surface area contributed by atoms with E-state index < -0.39 is 0 Å². The maximum Gasteiger partial charge on any atom is 0.289 e. The summed E-state index contributed by atoms with van der Waals surface area (Å²) in [5.74, 6) is 0.316. The summed E-state index contributed by atoms with van der Waals surface area (Å²) in [6.07, 6.45) is 6.36. The molecule has 0 spiro atoms. The van der Waals surface area contributed by atoms with Gasteiger partial charge in [0.2, 0.25) is 5.91 Å². The lowest BCUT2D eigenvalue weighted by Gasteiger charge is -2.34. The Balaban J connectivity index is 1.25. The quantitative estimate of drug-likeness (QED) is 0.846. The molecule has 6 heteroatoms. The first-order valence-electron chi connectivity index (χ1n) is 10.6. The topological polar surface area (TPSA) is 65.8 Å². The average Bonchev–Trinajstić information content (AvgIpc) is 3.28. The average molecular weight is 396 g/mol. The normalized spacial score (nSPS) is 18.2. The number of fused-ring (bicyclic) bond motifs is 1. The van der Waals surface area contributed by atoms with Crippen molar-refractivity contribution >= 4 is 11.8 Å². The molecule has 1 fully saturated rings. The van der Waals surface area contributed by atoms with E-state index in [1.54, 1.807) is 17.0 Å². The SMILES string of the molecule is C[C@@H](NC(=O)CN1CCN(C(=O)c2ccco2)CC1)c1ccc2c(c1)CCCC2. The molecular formula is C23H29N3O3. The summed E-state index contributed by atoms with van der Waals surface area (Å²) in [6.45, 7) is 4.99. The molecule has 2 aromatic rings. The van der Waals surface area contributed by atoms with Crippen LogP contribution < -0.4 is 5.32 Å². The molecule has 29 heavy (non-hydrogen) atoms. The van der Waals surface area contributed by atoms with Gasteiger partial charge in [0.15, 0.2) is 5.76 Å². The van der Waals surface area contributed by atoms with Crippen molar-refractivity contribution in [3.8, 4) is 0 Å². The predicted molar refractivity (Wildman–Crippen MR) is 111 cm³/mol. The Morgan fingerprint density at radius 1 is 1.07 bits per heavy atom. The van der Waals surface area contributed by atoms with Gasteiger partial charge in [-0.25, -0.2) is 0 Å². The third kappa shape index (κ3) is 4.70. The van der Waals surface area contributed by atoms with Gasteiger partial charge in [0, 0.05) is 26.2 Å². The number of furan rings is 1. The molecule has 0 bridgehead atoms. The first-order chi connectivity index (χ1) is 14.1. The van der Waals surface area contributed by atoms with E-state index in [9.17, 15) is 9.59 Å². The number of piperazine rings is 1. The summed E-state index contributed by atoms with van der Waals surface area (Å²) in [4.78, 5) is 28.7. The van der Waals surface area contributed by atoms with Crippen LogP contribution >= 0.6 is 0 Å². The van der Waals surface area contributed by atoms with Crippen LogP contribution in [0.1, 0.15) is 53.1 Å². The fourth-order valence-electron chi connectivity index (χ4n) is 4.26. The molecule has 1 atom stereocenters. The van der Waals surface area contributed by atoms with Gasteiger partial charge in [-0.15, -0.1) is 0 Å². The molecule has 0 saturated carbocycles. The highest BCUT2D eigenvalue weighted by Crippen LogP contribution is 2.24. The summed E-state index contributed by atoms with van der Waals surface area (Å²) in [5, 5.41) is 3.13. The van der Waals surface area contributed by atoms with Crippen LogP contribution in [-0.2, 0) is 17.6 Å². The molecular weight excluding hydrogens is 366 g/mol. The first kappa shape index (κ1) is 19.7. The summed E-state index contributed by atoms with van der Waals surface area (Å²) in [5.41, 5.74) is 4.07. The molecule has 1 aromatic heterocycles. The Labute approximate surface area is 171 Å². The number of benzene rings is 1. The molecule has 1 aliphatic carbocycles. The van der Waals surface area contributed by atoms with E-state index in [0.717, 1.165) is 6.42 Å². The van der Waals surface area contributed by atoms with E-state index >= 15 is 0 Å². The molecule has 1 N–H and O–H groups in total. The molecule has 1 saturated heterocycles. The maximum atomic E-state index is 12.5. The van der Waals surface area contributed by atoms with Gasteiger partial charge in [-0.2, -0.15) is 0 Å². The highest BCUT2D eigenvalue weighted by molar-refractivity contribution is 5.91. The zero-order chi connectivity index (χ0) is 20.2. The lowest BCUT2D eigenvalue weighted by atomic mass is 9.89. The third-order valence-electron chi connectivity index (χ3n) is 6.01. The number of hydrogen-bond donors (Lipinski definition) is 1. The Bertz CT molecular complexity index is 854. The van der Waals surface area contributed by atoms with Crippen LogP contribution in [0.15, 0.2) is 41.0 Å². The van der Waals surface area contributed by atoms with Crippen LogP contribution in [0.3, 0.4) is 0 Å². The standard InChI is InChI=1S/C23H29N3O3/c1-17(19-9-8-18-5-2-3-6-20(18)15-19)24-22(27)16-25-10-12-26(13-11-25)23(28)21-7-4-14-29-21/h4,7-9,14-15,17H,2-3,5-6,10-13,16H2,1H3,(H,24,27)/t17-/m1/s1. The lowest BCUT2D eigenvalue weighted by Crippen LogP contribution is -2.51. The van der Waals surface area contributed by atoms with Crippen molar-refractivity contribution in [2.24, 2.45) is 0 Å². The second kappa shape index (κ2) is 8.82. The molecule has 2 amide bonds. The fraction of sp³-hybridized carbons (Fsp3) is 0.478. The van der Waals surface area contributed by atoms with E-state index in [-0.39, 0.29) is 17.9 Å². The van der Waals surface area contributed by atoms with E-state index in [2.05, 4.69) is 28.4 Å². The Morgan fingerprint density at radius 2 is 1.83 bits per heavy atom. The number of aryl methyl sites for hydroxylation is 2. The van der Waals surface area contributed by atoms with E-state index in [0.29, 0.717) is 38.5 Å². The minimum absolute atomic E-state index is 0.00320. The summed E-state index contributed by atoms with van der Waals surface area (Å²) in [6, 6.07) is 10.0. The van der Waals surface area contributed by atoms with Crippen molar-refractivity contribution in [2.45, 2.75) is 38.6 Å². The number of nitrogens with zero attached hydrogens (tertiary/aromatic N) is 2. The highest BCUT2D eigenvalue weighted by atomic mass is 16.3. The van der Waals surface area contributed by atoms with Crippen molar-refractivity contribution in [1.82, 2.24) is 15.1 Å². The second-order valence-electron chi connectivity index (χ2n) is 8.07. The Hall–Kier alpha value is -2.60. The number of carbonyl (C=O) groups is 2. The Morgan fingerprint density at radius 3 is 2.55 bits per heavy atom. The van der Waals surface area contributed by atoms with Gasteiger partial charge in [-0.3, -0.25) is 14.5 Å². The lowest BCUT2D eigenvalue weighted by molar-refractivity contribution is -0.123. The first-order valence-corrected chi connectivity index (χ1v) is 10.6. The minimum Gasteiger partial charge on any atom is -0.459 e. The Kier molecular flexibility index (Phi) is 6.00. The molecule has 1 aromatic carbocycles. The number of rotatable bonds is 5. The van der Waals surface area contributed by atoms with Gasteiger partial charge < -0.3 is 14.6 Å². The van der Waals surface area contributed by atoms with Crippen LogP contribution in [0.25, 0.3) is 0 Å². The molecule has 154 valence electrons. The van der Waals surface area contributed by atoms with Crippen molar-refractivity contribution in [3.63, 3.8) is 0 Å². The van der Waals surface area contributed by atoms with Crippen molar-refractivity contribution in [1.29, 1.82) is 0 Å². The zero-order valence-corrected chi connectivity index (χ0v) is 17.0. The van der Waals surface area contributed by atoms with Crippen LogP contribution in [0.4, 0.5) is 0 Å². The van der Waals surface area contributed by atoms with E-state index in [1.165, 1.54) is 42.2 Å². The van der Waals surface area contributed by atoms with Gasteiger partial charge >= 0.3 is 0 Å². The van der Waals surface area contributed by atoms with Gasteiger partial charge in [-0.1, -0.05) is 18.2 Å². The third-order valence-corrected chi connectivity index (χ3v) is 6.01. The molecule has 1 aliphatic heterocycles. The fourth-order valence-corrected chi connectivity index (χ4v) is 4.26. The minimum atomic E-state index is -0.0832. The monoisotopic (exact) mass is 395 g/mol. The van der Waals surface area contributed by atoms with Crippen LogP contribution in [-0.4, -0.2) is 54.3 Å². The predicted octanol–water partition coefficient (Wildman–Crippen LogP) is 2.79. The highest BCUT2D eigenvalue weighted by Gasteiger charge is 2.25. The molecule has 4 rings (SSSR count). The van der Waals surface area contributed by atoms with Crippen LogP contribution in [0.5, 0.6) is 0 Å². The summed E-state index contributed by atoms with van der Waals surface area (Å²) in [7, 11) is 0. The van der Waals surface area contributed by atoms with E-state index in [4.69, 9.17) is 4.42 Å². The molecule has 0 radical (unpaired) electrons. The molecule has 2 heterocycles. The number of hydrogen-bond acceptors (Lipinski definition) is 4. The van der Waals surface area contributed by atoms with Gasteiger partial charge in [-0.05, 0) is 61.4 Å². The second-order valence-corrected chi connectivity index (χ2v) is 8.07.